The highest BCUT2D eigenvalue weighted by Gasteiger charge is 2.11. The third-order valence-electron chi connectivity index (χ3n) is 3.13. The second-order valence-corrected chi connectivity index (χ2v) is 5.10. The highest BCUT2D eigenvalue weighted by molar-refractivity contribution is 5.68. The van der Waals surface area contributed by atoms with Gasteiger partial charge in [0.2, 0.25) is 5.88 Å². The maximum absolute atomic E-state index is 5.30. The third-order valence-corrected chi connectivity index (χ3v) is 3.13. The van der Waals surface area contributed by atoms with Crippen molar-refractivity contribution >= 4 is 0 Å². The predicted molar refractivity (Wildman–Crippen MR) is 80.7 cm³/mol. The van der Waals surface area contributed by atoms with E-state index < -0.39 is 0 Å². The molecule has 4 heteroatoms. The molecule has 4 nitrogen and oxygen atoms in total. The fraction of sp³-hybridized carbons (Fsp3) is 0.375. The van der Waals surface area contributed by atoms with Crippen molar-refractivity contribution in [3.63, 3.8) is 0 Å². The molecule has 2 rings (SSSR count). The van der Waals surface area contributed by atoms with Crippen molar-refractivity contribution in [3.05, 3.63) is 41.7 Å². The number of nitrogens with zero attached hydrogens (tertiary/aromatic N) is 2. The van der Waals surface area contributed by atoms with E-state index in [1.165, 1.54) is 5.56 Å². The summed E-state index contributed by atoms with van der Waals surface area (Å²) in [7, 11) is 1.62. The van der Waals surface area contributed by atoms with Crippen LogP contribution in [0.4, 0.5) is 0 Å². The van der Waals surface area contributed by atoms with E-state index in [9.17, 15) is 0 Å². The van der Waals surface area contributed by atoms with Crippen LogP contribution in [0.5, 0.6) is 5.88 Å². The number of hydrogen-bond donors (Lipinski definition) is 1. The molecule has 1 heterocycles. The largest absolute Gasteiger partial charge is 0.479 e. The highest BCUT2D eigenvalue weighted by atomic mass is 16.5. The lowest BCUT2D eigenvalue weighted by molar-refractivity contribution is 0.397. The van der Waals surface area contributed by atoms with Crippen molar-refractivity contribution < 1.29 is 4.74 Å². The Labute approximate surface area is 120 Å². The lowest BCUT2D eigenvalue weighted by Crippen LogP contribution is -2.21. The van der Waals surface area contributed by atoms with Crippen LogP contribution in [0.15, 0.2) is 30.6 Å². The number of benzene rings is 1. The van der Waals surface area contributed by atoms with Crippen molar-refractivity contribution in [1.29, 1.82) is 0 Å². The number of aryl methyl sites for hydroxylation is 1. The molecule has 1 N–H and O–H groups in total. The quantitative estimate of drug-likeness (QED) is 0.908. The van der Waals surface area contributed by atoms with Gasteiger partial charge >= 0.3 is 0 Å². The van der Waals surface area contributed by atoms with Gasteiger partial charge in [-0.05, 0) is 24.1 Å². The van der Waals surface area contributed by atoms with Crippen LogP contribution in [0, 0.1) is 6.92 Å². The van der Waals surface area contributed by atoms with Crippen LogP contribution in [0.25, 0.3) is 11.3 Å². The Bertz CT molecular complexity index is 582. The first-order valence-corrected chi connectivity index (χ1v) is 6.80. The van der Waals surface area contributed by atoms with Gasteiger partial charge in [0.05, 0.1) is 7.11 Å². The zero-order valence-corrected chi connectivity index (χ0v) is 12.5. The second kappa shape index (κ2) is 6.48. The lowest BCUT2D eigenvalue weighted by atomic mass is 10.0. The minimum atomic E-state index is 0.464. The van der Waals surface area contributed by atoms with Crippen LogP contribution in [0.1, 0.15) is 25.0 Å². The summed E-state index contributed by atoms with van der Waals surface area (Å²) in [6.45, 7) is 7.19. The average Bonchev–Trinajstić information content (AvgIpc) is 2.46. The smallest absolute Gasteiger partial charge is 0.240 e. The van der Waals surface area contributed by atoms with Crippen molar-refractivity contribution in [1.82, 2.24) is 15.3 Å². The molecule has 0 unspecified atom stereocenters. The fourth-order valence-electron chi connectivity index (χ4n) is 2.02. The van der Waals surface area contributed by atoms with E-state index in [0.29, 0.717) is 11.9 Å². The molecule has 0 fully saturated rings. The van der Waals surface area contributed by atoms with Gasteiger partial charge in [-0.15, -0.1) is 0 Å². The molecule has 0 spiro atoms. The Morgan fingerprint density at radius 1 is 1.20 bits per heavy atom. The van der Waals surface area contributed by atoms with E-state index in [1.54, 1.807) is 19.5 Å². The van der Waals surface area contributed by atoms with Gasteiger partial charge in [0.1, 0.15) is 5.69 Å². The summed E-state index contributed by atoms with van der Waals surface area (Å²) in [4.78, 5) is 8.63. The summed E-state index contributed by atoms with van der Waals surface area (Å²) in [6, 6.07) is 6.86. The molecule has 0 saturated heterocycles. The second-order valence-electron chi connectivity index (χ2n) is 5.10. The minimum absolute atomic E-state index is 0.464. The molecule has 0 aliphatic heterocycles. The van der Waals surface area contributed by atoms with Crippen LogP contribution in [-0.4, -0.2) is 23.1 Å². The molecule has 0 amide bonds. The minimum Gasteiger partial charge on any atom is -0.479 e. The molecule has 1 aromatic heterocycles. The molecule has 0 aliphatic rings. The van der Waals surface area contributed by atoms with Gasteiger partial charge in [-0.2, -0.15) is 0 Å². The summed E-state index contributed by atoms with van der Waals surface area (Å²) < 4.78 is 5.30. The van der Waals surface area contributed by atoms with Gasteiger partial charge in [0.25, 0.3) is 0 Å². The maximum atomic E-state index is 5.30. The van der Waals surface area contributed by atoms with Gasteiger partial charge in [0.15, 0.2) is 0 Å². The van der Waals surface area contributed by atoms with E-state index in [4.69, 9.17) is 4.74 Å². The monoisotopic (exact) mass is 271 g/mol. The van der Waals surface area contributed by atoms with Gasteiger partial charge in [-0.25, -0.2) is 9.97 Å². The lowest BCUT2D eigenvalue weighted by Gasteiger charge is -2.12. The van der Waals surface area contributed by atoms with Gasteiger partial charge in [-0.3, -0.25) is 0 Å². The first-order valence-electron chi connectivity index (χ1n) is 6.80. The Balaban J connectivity index is 2.37. The summed E-state index contributed by atoms with van der Waals surface area (Å²) in [6.07, 6.45) is 3.33. The Morgan fingerprint density at radius 3 is 2.65 bits per heavy atom. The zero-order chi connectivity index (χ0) is 14.5. The summed E-state index contributed by atoms with van der Waals surface area (Å²) in [5, 5.41) is 3.42. The molecule has 0 aliphatic carbocycles. The van der Waals surface area contributed by atoms with Crippen LogP contribution in [0.2, 0.25) is 0 Å². The van der Waals surface area contributed by atoms with E-state index >= 15 is 0 Å². The van der Waals surface area contributed by atoms with Gasteiger partial charge < -0.3 is 10.1 Å². The van der Waals surface area contributed by atoms with Crippen molar-refractivity contribution in [2.75, 3.05) is 7.11 Å². The number of rotatable bonds is 5. The number of nitrogens with one attached hydrogen (secondary N) is 1. The van der Waals surface area contributed by atoms with Crippen LogP contribution in [-0.2, 0) is 6.54 Å². The standard InChI is InChI=1S/C16H21N3O/c1-11(2)19-10-13-6-5-12(3)14(9-13)15-16(20-4)18-8-7-17-15/h5-9,11,19H,10H2,1-4H3. The van der Waals surface area contributed by atoms with Crippen LogP contribution in [0.3, 0.4) is 0 Å². The SMILES string of the molecule is COc1nccnc1-c1cc(CNC(C)C)ccc1C. The molecule has 0 bridgehead atoms. The summed E-state index contributed by atoms with van der Waals surface area (Å²) >= 11 is 0. The van der Waals surface area contributed by atoms with E-state index in [0.717, 1.165) is 23.4 Å². The van der Waals surface area contributed by atoms with Gasteiger partial charge in [-0.1, -0.05) is 26.0 Å². The molecular formula is C16H21N3O. The topological polar surface area (TPSA) is 47.0 Å². The van der Waals surface area contributed by atoms with Crippen LogP contribution >= 0.6 is 0 Å². The molecule has 20 heavy (non-hydrogen) atoms. The van der Waals surface area contributed by atoms with E-state index in [1.807, 2.05) is 0 Å². The molecule has 0 atom stereocenters. The predicted octanol–water partition coefficient (Wildman–Crippen LogP) is 2.96. The number of hydrogen-bond acceptors (Lipinski definition) is 4. The molecule has 2 aromatic rings. The average molecular weight is 271 g/mol. The van der Waals surface area contributed by atoms with Crippen LogP contribution < -0.4 is 10.1 Å². The molecular weight excluding hydrogens is 250 g/mol. The first kappa shape index (κ1) is 14.5. The normalized spacial score (nSPS) is 10.8. The fourth-order valence-corrected chi connectivity index (χ4v) is 2.02. The van der Waals surface area contributed by atoms with Crippen molar-refractivity contribution in [3.8, 4) is 17.1 Å². The molecule has 0 saturated carbocycles. The summed E-state index contributed by atoms with van der Waals surface area (Å²) in [5.74, 6) is 0.560. The first-order chi connectivity index (χ1) is 9.61. The molecule has 0 radical (unpaired) electrons. The Hall–Kier alpha value is -1.94. The van der Waals surface area contributed by atoms with E-state index in [-0.39, 0.29) is 0 Å². The highest BCUT2D eigenvalue weighted by Crippen LogP contribution is 2.28. The number of ether oxygens (including phenoxy) is 1. The molecule has 1 aromatic carbocycles. The Kier molecular flexibility index (Phi) is 4.69. The maximum Gasteiger partial charge on any atom is 0.240 e. The van der Waals surface area contributed by atoms with Crippen molar-refractivity contribution in [2.45, 2.75) is 33.4 Å². The van der Waals surface area contributed by atoms with E-state index in [2.05, 4.69) is 54.3 Å². The third kappa shape index (κ3) is 3.33. The van der Waals surface area contributed by atoms with Gasteiger partial charge in [0, 0.05) is 30.5 Å². The molecule has 106 valence electrons. The van der Waals surface area contributed by atoms with Crippen molar-refractivity contribution in [2.24, 2.45) is 0 Å². The Morgan fingerprint density at radius 2 is 1.95 bits per heavy atom. The number of methoxy groups -OCH3 is 1. The number of aromatic nitrogens is 2. The summed E-state index contributed by atoms with van der Waals surface area (Å²) in [5.41, 5.74) is 4.25. The zero-order valence-electron chi connectivity index (χ0n) is 12.5.